The van der Waals surface area contributed by atoms with Crippen LogP contribution >= 0.6 is 11.6 Å². The molecule has 0 saturated carbocycles. The molecule has 0 fully saturated rings. The fraction of sp³-hybridized carbons (Fsp3) is 0.133. The van der Waals surface area contributed by atoms with Crippen LogP contribution in [0.3, 0.4) is 0 Å². The maximum absolute atomic E-state index is 10.1. The van der Waals surface area contributed by atoms with Crippen LogP contribution in [0.5, 0.6) is 11.5 Å². The van der Waals surface area contributed by atoms with Gasteiger partial charge in [-0.15, -0.1) is 0 Å². The molecule has 3 N–H and O–H groups in total. The summed E-state index contributed by atoms with van der Waals surface area (Å²) in [7, 11) is 0. The Balaban J connectivity index is 2.75. The van der Waals surface area contributed by atoms with Gasteiger partial charge in [-0.3, -0.25) is 0 Å². The van der Waals surface area contributed by atoms with Gasteiger partial charge >= 0.3 is 0 Å². The Morgan fingerprint density at radius 3 is 2.55 bits per heavy atom. The number of phenols is 2. The van der Waals surface area contributed by atoms with Gasteiger partial charge in [-0.2, -0.15) is 0 Å². The number of aromatic hydroxyl groups is 2. The highest BCUT2D eigenvalue weighted by Crippen LogP contribution is 2.40. The summed E-state index contributed by atoms with van der Waals surface area (Å²) in [4.78, 5) is 0. The van der Waals surface area contributed by atoms with E-state index in [-0.39, 0.29) is 11.5 Å². The van der Waals surface area contributed by atoms with Crippen molar-refractivity contribution >= 4 is 17.3 Å². The van der Waals surface area contributed by atoms with Crippen LogP contribution in [0.25, 0.3) is 11.1 Å². The van der Waals surface area contributed by atoms with E-state index in [1.165, 1.54) is 6.07 Å². The minimum atomic E-state index is -0.264. The van der Waals surface area contributed by atoms with Gasteiger partial charge in [0.1, 0.15) is 0 Å². The van der Waals surface area contributed by atoms with E-state index < -0.39 is 0 Å². The molecule has 0 heterocycles. The van der Waals surface area contributed by atoms with Crippen LogP contribution in [0.4, 0.5) is 0 Å². The second-order valence-electron chi connectivity index (χ2n) is 4.27. The van der Waals surface area contributed by atoms with Crippen LogP contribution < -0.4 is 0 Å². The molecule has 0 aromatic heterocycles. The van der Waals surface area contributed by atoms with Crippen molar-refractivity contribution in [2.75, 3.05) is 0 Å². The predicted molar refractivity (Wildman–Crippen MR) is 78.8 cm³/mol. The standard InChI is InChI=1S/C15H14ClNO3/c1-2-12(17-20)11-6-7-13(18)15(19)14(11)9-4-3-5-10(16)8-9/h3-8,18-20H,2H2,1H3. The zero-order valence-corrected chi connectivity index (χ0v) is 11.6. The minimum Gasteiger partial charge on any atom is -0.504 e. The number of hydrogen-bond donors (Lipinski definition) is 3. The first-order valence-electron chi connectivity index (χ1n) is 6.10. The molecule has 0 radical (unpaired) electrons. The maximum atomic E-state index is 10.1. The number of oxime groups is 1. The molecule has 104 valence electrons. The van der Waals surface area contributed by atoms with Crippen molar-refractivity contribution in [3.05, 3.63) is 47.0 Å². The van der Waals surface area contributed by atoms with E-state index in [1.54, 1.807) is 30.3 Å². The predicted octanol–water partition coefficient (Wildman–Crippen LogP) is 4.01. The first kappa shape index (κ1) is 14.2. The number of phenolic OH excluding ortho intramolecular Hbond substituents is 2. The molecule has 0 bridgehead atoms. The molecule has 0 aliphatic heterocycles. The van der Waals surface area contributed by atoms with Gasteiger partial charge < -0.3 is 15.4 Å². The van der Waals surface area contributed by atoms with Gasteiger partial charge in [0.05, 0.1) is 5.71 Å². The van der Waals surface area contributed by atoms with E-state index in [4.69, 9.17) is 16.8 Å². The van der Waals surface area contributed by atoms with Crippen molar-refractivity contribution < 1.29 is 15.4 Å². The molecule has 0 unspecified atom stereocenters. The Morgan fingerprint density at radius 2 is 1.95 bits per heavy atom. The van der Waals surface area contributed by atoms with Crippen molar-refractivity contribution in [1.82, 2.24) is 0 Å². The van der Waals surface area contributed by atoms with Gasteiger partial charge in [-0.05, 0) is 36.2 Å². The maximum Gasteiger partial charge on any atom is 0.166 e. The van der Waals surface area contributed by atoms with Crippen LogP contribution in [0.2, 0.25) is 5.02 Å². The summed E-state index contributed by atoms with van der Waals surface area (Å²) >= 11 is 5.96. The quantitative estimate of drug-likeness (QED) is 0.346. The Hall–Kier alpha value is -2.20. The van der Waals surface area contributed by atoms with Crippen LogP contribution in [0.1, 0.15) is 18.9 Å². The summed E-state index contributed by atoms with van der Waals surface area (Å²) in [6, 6.07) is 9.85. The van der Waals surface area contributed by atoms with Crippen molar-refractivity contribution in [1.29, 1.82) is 0 Å². The van der Waals surface area contributed by atoms with Crippen molar-refractivity contribution in [2.24, 2.45) is 5.16 Å². The van der Waals surface area contributed by atoms with Gasteiger partial charge in [-0.1, -0.05) is 35.8 Å². The molecule has 0 amide bonds. The molecule has 0 aliphatic carbocycles. The van der Waals surface area contributed by atoms with E-state index >= 15 is 0 Å². The smallest absolute Gasteiger partial charge is 0.166 e. The summed E-state index contributed by atoms with van der Waals surface area (Å²) in [6.07, 6.45) is 0.480. The van der Waals surface area contributed by atoms with Crippen LogP contribution in [-0.2, 0) is 0 Å². The van der Waals surface area contributed by atoms with E-state index in [0.29, 0.717) is 33.8 Å². The molecule has 2 aromatic carbocycles. The number of hydrogen-bond acceptors (Lipinski definition) is 4. The number of rotatable bonds is 3. The van der Waals surface area contributed by atoms with Gasteiger partial charge in [0, 0.05) is 16.1 Å². The lowest BCUT2D eigenvalue weighted by Gasteiger charge is -2.13. The first-order chi connectivity index (χ1) is 9.58. The molecule has 2 aromatic rings. The van der Waals surface area contributed by atoms with Gasteiger partial charge in [-0.25, -0.2) is 0 Å². The summed E-state index contributed by atoms with van der Waals surface area (Å²) in [5.41, 5.74) is 1.99. The zero-order valence-electron chi connectivity index (χ0n) is 10.8. The van der Waals surface area contributed by atoms with Gasteiger partial charge in [0.2, 0.25) is 0 Å². The second-order valence-corrected chi connectivity index (χ2v) is 4.70. The first-order valence-corrected chi connectivity index (χ1v) is 6.48. The fourth-order valence-corrected chi connectivity index (χ4v) is 2.26. The molecule has 0 saturated heterocycles. The molecular weight excluding hydrogens is 278 g/mol. The van der Waals surface area contributed by atoms with E-state index in [1.807, 2.05) is 6.92 Å². The van der Waals surface area contributed by atoms with Crippen LogP contribution in [-0.4, -0.2) is 21.1 Å². The fourth-order valence-electron chi connectivity index (χ4n) is 2.07. The number of halogens is 1. The van der Waals surface area contributed by atoms with E-state index in [0.717, 1.165) is 0 Å². The highest BCUT2D eigenvalue weighted by Gasteiger charge is 2.17. The number of nitrogens with zero attached hydrogens (tertiary/aromatic N) is 1. The average molecular weight is 292 g/mol. The largest absolute Gasteiger partial charge is 0.504 e. The van der Waals surface area contributed by atoms with Crippen molar-refractivity contribution in [3.63, 3.8) is 0 Å². The molecule has 0 atom stereocenters. The lowest BCUT2D eigenvalue weighted by molar-refractivity contribution is 0.318. The third-order valence-electron chi connectivity index (χ3n) is 3.04. The summed E-state index contributed by atoms with van der Waals surface area (Å²) in [5, 5.41) is 32.7. The SMILES string of the molecule is CCC(=NO)c1ccc(O)c(O)c1-c1cccc(Cl)c1. The van der Waals surface area contributed by atoms with E-state index in [2.05, 4.69) is 5.16 Å². The molecule has 0 aliphatic rings. The van der Waals surface area contributed by atoms with Crippen LogP contribution in [0, 0.1) is 0 Å². The minimum absolute atomic E-state index is 0.239. The molecule has 20 heavy (non-hydrogen) atoms. The Morgan fingerprint density at radius 1 is 1.20 bits per heavy atom. The highest BCUT2D eigenvalue weighted by atomic mass is 35.5. The monoisotopic (exact) mass is 291 g/mol. The normalized spacial score (nSPS) is 11.6. The molecule has 2 rings (SSSR count). The van der Waals surface area contributed by atoms with Crippen molar-refractivity contribution in [2.45, 2.75) is 13.3 Å². The summed E-state index contributed by atoms with van der Waals surface area (Å²) in [6.45, 7) is 1.83. The van der Waals surface area contributed by atoms with Gasteiger partial charge in [0.15, 0.2) is 11.5 Å². The summed E-state index contributed by atoms with van der Waals surface area (Å²) < 4.78 is 0. The lowest BCUT2D eigenvalue weighted by Crippen LogP contribution is -2.02. The molecule has 5 heteroatoms. The Kier molecular flexibility index (Phi) is 4.15. The second kappa shape index (κ2) is 5.84. The Labute approximate surface area is 121 Å². The topological polar surface area (TPSA) is 73.1 Å². The van der Waals surface area contributed by atoms with Crippen LogP contribution in [0.15, 0.2) is 41.6 Å². The molecule has 4 nitrogen and oxygen atoms in total. The lowest BCUT2D eigenvalue weighted by atomic mass is 9.94. The Bertz CT molecular complexity index is 668. The third kappa shape index (κ3) is 2.56. The summed E-state index contributed by atoms with van der Waals surface area (Å²) in [5.74, 6) is -0.503. The third-order valence-corrected chi connectivity index (χ3v) is 3.27. The average Bonchev–Trinajstić information content (AvgIpc) is 2.44. The number of benzene rings is 2. The highest BCUT2D eigenvalue weighted by molar-refractivity contribution is 6.31. The molecule has 0 spiro atoms. The van der Waals surface area contributed by atoms with Crippen molar-refractivity contribution in [3.8, 4) is 22.6 Å². The zero-order chi connectivity index (χ0) is 14.7. The molecular formula is C15H14ClNO3. The van der Waals surface area contributed by atoms with Gasteiger partial charge in [0.25, 0.3) is 0 Å². The van der Waals surface area contributed by atoms with E-state index in [9.17, 15) is 10.2 Å².